The zero-order chi connectivity index (χ0) is 22.8. The molecule has 0 spiro atoms. The minimum atomic E-state index is -0.0204. The lowest BCUT2D eigenvalue weighted by Crippen LogP contribution is -2.45. The zero-order valence-electron chi connectivity index (χ0n) is 19.2. The van der Waals surface area contributed by atoms with Gasteiger partial charge in [0, 0.05) is 57.3 Å². The first-order valence-electron chi connectivity index (χ1n) is 11.9. The van der Waals surface area contributed by atoms with Gasteiger partial charge in [-0.05, 0) is 43.7 Å². The molecule has 2 fully saturated rings. The Morgan fingerprint density at radius 2 is 1.76 bits per heavy atom. The Kier molecular flexibility index (Phi) is 6.13. The van der Waals surface area contributed by atoms with Crippen molar-refractivity contribution in [2.75, 3.05) is 38.1 Å². The highest BCUT2D eigenvalue weighted by Crippen LogP contribution is 2.35. The van der Waals surface area contributed by atoms with E-state index in [-0.39, 0.29) is 17.5 Å². The standard InChI is InChI=1S/C26H31N5O2/c1-29-14-16-30(17-15-29)23-9-5-2-6-19(23)18-27-25(32)13-12-24-28-22-8-4-3-7-21(22)26(33)31(24)20-10-11-20/h2-9,20H,10-18H2,1H3,(H,27,32). The molecule has 2 aliphatic rings. The Labute approximate surface area is 194 Å². The number of amides is 1. The number of rotatable bonds is 7. The fourth-order valence-electron chi connectivity index (χ4n) is 4.60. The average Bonchev–Trinajstić information content (AvgIpc) is 3.67. The summed E-state index contributed by atoms with van der Waals surface area (Å²) in [6.07, 6.45) is 2.78. The molecule has 7 nitrogen and oxygen atoms in total. The molecule has 3 aromatic rings. The van der Waals surface area contributed by atoms with Gasteiger partial charge in [-0.25, -0.2) is 4.98 Å². The normalized spacial score (nSPS) is 16.8. The van der Waals surface area contributed by atoms with E-state index < -0.39 is 0 Å². The molecule has 1 saturated heterocycles. The van der Waals surface area contributed by atoms with Crippen LogP contribution in [0.2, 0.25) is 0 Å². The number of aromatic nitrogens is 2. The van der Waals surface area contributed by atoms with E-state index in [1.54, 1.807) is 0 Å². The van der Waals surface area contributed by atoms with Gasteiger partial charge in [0.2, 0.25) is 5.91 Å². The number of carbonyl (C=O) groups excluding carboxylic acids is 1. The molecular weight excluding hydrogens is 414 g/mol. The fourth-order valence-corrected chi connectivity index (χ4v) is 4.60. The number of aryl methyl sites for hydroxylation is 1. The molecule has 7 heteroatoms. The van der Waals surface area contributed by atoms with Crippen LogP contribution < -0.4 is 15.8 Å². The third-order valence-corrected chi connectivity index (χ3v) is 6.68. The Bertz CT molecular complexity index is 1210. The number of hydrogen-bond acceptors (Lipinski definition) is 5. The van der Waals surface area contributed by atoms with Crippen LogP contribution in [-0.2, 0) is 17.8 Å². The molecule has 1 amide bonds. The first-order chi connectivity index (χ1) is 16.1. The van der Waals surface area contributed by atoms with Crippen LogP contribution in [0.3, 0.4) is 0 Å². The predicted octanol–water partition coefficient (Wildman–Crippen LogP) is 2.73. The number of benzene rings is 2. The second-order valence-electron chi connectivity index (χ2n) is 9.15. The van der Waals surface area contributed by atoms with Crippen LogP contribution in [0.5, 0.6) is 0 Å². The molecular formula is C26H31N5O2. The summed E-state index contributed by atoms with van der Waals surface area (Å²) in [5, 5.41) is 3.73. The van der Waals surface area contributed by atoms with Gasteiger partial charge in [0.1, 0.15) is 5.82 Å². The van der Waals surface area contributed by atoms with Crippen LogP contribution in [0.1, 0.15) is 36.7 Å². The SMILES string of the molecule is CN1CCN(c2ccccc2CNC(=O)CCc2nc3ccccc3c(=O)n2C2CC2)CC1. The number of anilines is 1. The van der Waals surface area contributed by atoms with Crippen molar-refractivity contribution in [3.8, 4) is 0 Å². The third kappa shape index (κ3) is 4.78. The maximum Gasteiger partial charge on any atom is 0.261 e. The summed E-state index contributed by atoms with van der Waals surface area (Å²) >= 11 is 0. The number of carbonyl (C=O) groups is 1. The van der Waals surface area contributed by atoms with Gasteiger partial charge in [0.05, 0.1) is 10.9 Å². The average molecular weight is 446 g/mol. The van der Waals surface area contributed by atoms with Gasteiger partial charge in [-0.2, -0.15) is 0 Å². The van der Waals surface area contributed by atoms with E-state index in [1.165, 1.54) is 5.69 Å². The Balaban J connectivity index is 1.25. The van der Waals surface area contributed by atoms with E-state index in [4.69, 9.17) is 4.98 Å². The summed E-state index contributed by atoms with van der Waals surface area (Å²) in [5.41, 5.74) is 3.05. The number of likely N-dealkylation sites (N-methyl/N-ethyl adjacent to an activating group) is 1. The van der Waals surface area contributed by atoms with Crippen LogP contribution in [0.15, 0.2) is 53.3 Å². The van der Waals surface area contributed by atoms with Crippen molar-refractivity contribution in [3.05, 3.63) is 70.3 Å². The highest BCUT2D eigenvalue weighted by atomic mass is 16.1. The van der Waals surface area contributed by atoms with Gasteiger partial charge < -0.3 is 15.1 Å². The minimum Gasteiger partial charge on any atom is -0.369 e. The molecule has 1 aliphatic carbocycles. The van der Waals surface area contributed by atoms with Crippen molar-refractivity contribution in [1.82, 2.24) is 19.8 Å². The second kappa shape index (κ2) is 9.35. The van der Waals surface area contributed by atoms with E-state index >= 15 is 0 Å². The lowest BCUT2D eigenvalue weighted by molar-refractivity contribution is -0.121. The Hall–Kier alpha value is -3.19. The second-order valence-corrected chi connectivity index (χ2v) is 9.15. The molecule has 0 atom stereocenters. The van der Waals surface area contributed by atoms with E-state index in [9.17, 15) is 9.59 Å². The van der Waals surface area contributed by atoms with E-state index in [0.29, 0.717) is 36.1 Å². The van der Waals surface area contributed by atoms with Crippen LogP contribution in [0.25, 0.3) is 10.9 Å². The lowest BCUT2D eigenvalue weighted by Gasteiger charge is -2.35. The van der Waals surface area contributed by atoms with Crippen molar-refractivity contribution in [3.63, 3.8) is 0 Å². The van der Waals surface area contributed by atoms with Crippen molar-refractivity contribution in [1.29, 1.82) is 0 Å². The van der Waals surface area contributed by atoms with Crippen LogP contribution in [0.4, 0.5) is 5.69 Å². The van der Waals surface area contributed by atoms with Crippen LogP contribution in [-0.4, -0.2) is 53.6 Å². The molecule has 5 rings (SSSR count). The molecule has 1 N–H and O–H groups in total. The number of nitrogens with one attached hydrogen (secondary N) is 1. The number of fused-ring (bicyclic) bond motifs is 1. The molecule has 1 aliphatic heterocycles. The van der Waals surface area contributed by atoms with Crippen molar-refractivity contribution >= 4 is 22.5 Å². The molecule has 1 saturated carbocycles. The maximum absolute atomic E-state index is 13.0. The number of para-hydroxylation sites is 2. The van der Waals surface area contributed by atoms with Crippen molar-refractivity contribution < 1.29 is 4.79 Å². The van der Waals surface area contributed by atoms with E-state index in [0.717, 1.165) is 44.6 Å². The first-order valence-corrected chi connectivity index (χ1v) is 11.9. The highest BCUT2D eigenvalue weighted by molar-refractivity contribution is 5.78. The molecule has 0 bridgehead atoms. The van der Waals surface area contributed by atoms with Gasteiger partial charge in [-0.1, -0.05) is 30.3 Å². The quantitative estimate of drug-likeness (QED) is 0.606. The minimum absolute atomic E-state index is 0.0135. The smallest absolute Gasteiger partial charge is 0.261 e. The van der Waals surface area contributed by atoms with Gasteiger partial charge in [0.25, 0.3) is 5.56 Å². The molecule has 33 heavy (non-hydrogen) atoms. The summed E-state index contributed by atoms with van der Waals surface area (Å²) < 4.78 is 1.82. The van der Waals surface area contributed by atoms with Gasteiger partial charge in [-0.3, -0.25) is 14.2 Å². The van der Waals surface area contributed by atoms with Crippen LogP contribution >= 0.6 is 0 Å². The molecule has 2 aromatic carbocycles. The fraction of sp³-hybridized carbons (Fsp3) is 0.423. The summed E-state index contributed by atoms with van der Waals surface area (Å²) in [7, 11) is 2.15. The van der Waals surface area contributed by atoms with E-state index in [1.807, 2.05) is 34.9 Å². The van der Waals surface area contributed by atoms with E-state index in [2.05, 4.69) is 40.4 Å². The Morgan fingerprint density at radius 1 is 1.03 bits per heavy atom. The summed E-state index contributed by atoms with van der Waals surface area (Å²) in [6.45, 7) is 4.58. The monoisotopic (exact) mass is 445 g/mol. The number of piperazine rings is 1. The molecule has 0 radical (unpaired) electrons. The zero-order valence-corrected chi connectivity index (χ0v) is 19.2. The molecule has 0 unspecified atom stereocenters. The van der Waals surface area contributed by atoms with Crippen molar-refractivity contribution in [2.24, 2.45) is 0 Å². The van der Waals surface area contributed by atoms with Gasteiger partial charge in [0.15, 0.2) is 0 Å². The molecule has 172 valence electrons. The number of nitrogens with zero attached hydrogens (tertiary/aromatic N) is 4. The summed E-state index contributed by atoms with van der Waals surface area (Å²) in [5.74, 6) is 0.696. The number of hydrogen-bond donors (Lipinski definition) is 1. The topological polar surface area (TPSA) is 70.5 Å². The Morgan fingerprint density at radius 3 is 2.55 bits per heavy atom. The highest BCUT2D eigenvalue weighted by Gasteiger charge is 2.28. The first kappa shape index (κ1) is 21.6. The maximum atomic E-state index is 13.0. The summed E-state index contributed by atoms with van der Waals surface area (Å²) in [6, 6.07) is 16.0. The predicted molar refractivity (Wildman–Crippen MR) is 131 cm³/mol. The van der Waals surface area contributed by atoms with Gasteiger partial charge >= 0.3 is 0 Å². The largest absolute Gasteiger partial charge is 0.369 e. The molecule has 2 heterocycles. The summed E-state index contributed by atoms with van der Waals surface area (Å²) in [4.78, 5) is 35.2. The molecule has 1 aromatic heterocycles. The van der Waals surface area contributed by atoms with Crippen molar-refractivity contribution in [2.45, 2.75) is 38.3 Å². The lowest BCUT2D eigenvalue weighted by atomic mass is 10.1. The van der Waals surface area contributed by atoms with Crippen LogP contribution in [0, 0.1) is 0 Å². The third-order valence-electron chi connectivity index (χ3n) is 6.68. The van der Waals surface area contributed by atoms with Gasteiger partial charge in [-0.15, -0.1) is 0 Å².